The van der Waals surface area contributed by atoms with Gasteiger partial charge in [-0.05, 0) is 37.9 Å². The second kappa shape index (κ2) is 8.08. The Morgan fingerprint density at radius 2 is 2.00 bits per heavy atom. The van der Waals surface area contributed by atoms with E-state index in [1.54, 1.807) is 18.2 Å². The van der Waals surface area contributed by atoms with Crippen LogP contribution in [0.1, 0.15) is 25.7 Å². The van der Waals surface area contributed by atoms with E-state index in [0.717, 1.165) is 25.9 Å². The van der Waals surface area contributed by atoms with E-state index in [1.807, 2.05) is 0 Å². The molecule has 20 heavy (non-hydrogen) atoms. The SMILES string of the molecule is OCCC1CCCCN1CCOc1c(Cl)cccc1Cl. The number of hydrogen-bond donors (Lipinski definition) is 1. The zero-order chi connectivity index (χ0) is 14.4. The maximum absolute atomic E-state index is 9.12. The largest absolute Gasteiger partial charge is 0.489 e. The molecule has 0 radical (unpaired) electrons. The van der Waals surface area contributed by atoms with Gasteiger partial charge in [-0.1, -0.05) is 35.7 Å². The fraction of sp³-hybridized carbons (Fsp3) is 0.600. The van der Waals surface area contributed by atoms with Gasteiger partial charge in [0.05, 0.1) is 10.0 Å². The number of rotatable bonds is 6. The van der Waals surface area contributed by atoms with Crippen molar-refractivity contribution in [3.05, 3.63) is 28.2 Å². The Kier molecular flexibility index (Phi) is 6.43. The minimum absolute atomic E-state index is 0.248. The lowest BCUT2D eigenvalue weighted by atomic mass is 10.00. The van der Waals surface area contributed by atoms with Crippen molar-refractivity contribution in [1.29, 1.82) is 0 Å². The smallest absolute Gasteiger partial charge is 0.156 e. The average molecular weight is 318 g/mol. The molecule has 1 atom stereocenters. The molecule has 3 nitrogen and oxygen atoms in total. The topological polar surface area (TPSA) is 32.7 Å². The summed E-state index contributed by atoms with van der Waals surface area (Å²) in [6.07, 6.45) is 4.47. The van der Waals surface area contributed by atoms with Crippen LogP contribution in [0.3, 0.4) is 0 Å². The van der Waals surface area contributed by atoms with Crippen LogP contribution in [0.4, 0.5) is 0 Å². The molecular weight excluding hydrogens is 297 g/mol. The van der Waals surface area contributed by atoms with Gasteiger partial charge in [-0.3, -0.25) is 4.90 Å². The number of nitrogens with zero attached hydrogens (tertiary/aromatic N) is 1. The van der Waals surface area contributed by atoms with Crippen LogP contribution in [0.15, 0.2) is 18.2 Å². The van der Waals surface area contributed by atoms with Crippen molar-refractivity contribution >= 4 is 23.2 Å². The predicted octanol–water partition coefficient (Wildman–Crippen LogP) is 3.61. The molecule has 0 bridgehead atoms. The highest BCUT2D eigenvalue weighted by molar-refractivity contribution is 6.37. The van der Waals surface area contributed by atoms with Gasteiger partial charge >= 0.3 is 0 Å². The molecule has 1 fully saturated rings. The Hall–Kier alpha value is -0.480. The predicted molar refractivity (Wildman–Crippen MR) is 82.9 cm³/mol. The molecule has 112 valence electrons. The van der Waals surface area contributed by atoms with Crippen LogP contribution in [-0.2, 0) is 0 Å². The molecule has 0 aromatic heterocycles. The van der Waals surface area contributed by atoms with Gasteiger partial charge in [-0.15, -0.1) is 0 Å². The highest BCUT2D eigenvalue weighted by Gasteiger charge is 2.21. The van der Waals surface area contributed by atoms with Crippen LogP contribution in [-0.4, -0.2) is 42.4 Å². The Balaban J connectivity index is 1.85. The van der Waals surface area contributed by atoms with Gasteiger partial charge in [0.15, 0.2) is 5.75 Å². The van der Waals surface area contributed by atoms with Gasteiger partial charge in [0.25, 0.3) is 0 Å². The van der Waals surface area contributed by atoms with E-state index in [1.165, 1.54) is 12.8 Å². The molecule has 1 aromatic rings. The van der Waals surface area contributed by atoms with Gasteiger partial charge in [-0.2, -0.15) is 0 Å². The first-order chi connectivity index (χ1) is 9.72. The second-order valence-corrected chi connectivity index (χ2v) is 5.91. The molecular formula is C15H21Cl2NO2. The van der Waals surface area contributed by atoms with E-state index >= 15 is 0 Å². The number of para-hydroxylation sites is 1. The lowest BCUT2D eigenvalue weighted by Crippen LogP contribution is -2.42. The summed E-state index contributed by atoms with van der Waals surface area (Å²) in [4.78, 5) is 2.39. The van der Waals surface area contributed by atoms with Gasteiger partial charge in [0.1, 0.15) is 6.61 Å². The normalized spacial score (nSPS) is 20.1. The number of halogens is 2. The minimum atomic E-state index is 0.248. The Labute approximate surface area is 130 Å². The number of benzene rings is 1. The van der Waals surface area contributed by atoms with E-state index in [-0.39, 0.29) is 6.61 Å². The quantitative estimate of drug-likeness (QED) is 0.870. The van der Waals surface area contributed by atoms with Gasteiger partial charge in [0, 0.05) is 19.2 Å². The summed E-state index contributed by atoms with van der Waals surface area (Å²) in [5, 5.41) is 10.2. The molecule has 1 N–H and O–H groups in total. The number of aliphatic hydroxyl groups excluding tert-OH is 1. The van der Waals surface area contributed by atoms with Crippen LogP contribution in [0, 0.1) is 0 Å². The second-order valence-electron chi connectivity index (χ2n) is 5.10. The molecule has 0 saturated carbocycles. The van der Waals surface area contributed by atoms with E-state index < -0.39 is 0 Å². The van der Waals surface area contributed by atoms with Crippen molar-refractivity contribution in [2.24, 2.45) is 0 Å². The van der Waals surface area contributed by atoms with E-state index in [2.05, 4.69) is 4.90 Å². The van der Waals surface area contributed by atoms with Crippen molar-refractivity contribution in [1.82, 2.24) is 4.90 Å². The van der Waals surface area contributed by atoms with Crippen LogP contribution in [0.5, 0.6) is 5.75 Å². The maximum Gasteiger partial charge on any atom is 0.156 e. The summed E-state index contributed by atoms with van der Waals surface area (Å²) in [5.74, 6) is 0.562. The Morgan fingerprint density at radius 1 is 1.25 bits per heavy atom. The Morgan fingerprint density at radius 3 is 2.70 bits per heavy atom. The molecule has 1 saturated heterocycles. The van der Waals surface area contributed by atoms with Crippen molar-refractivity contribution in [3.63, 3.8) is 0 Å². The molecule has 1 aliphatic rings. The molecule has 2 rings (SSSR count). The molecule has 0 amide bonds. The van der Waals surface area contributed by atoms with Crippen LogP contribution in [0.2, 0.25) is 10.0 Å². The lowest BCUT2D eigenvalue weighted by Gasteiger charge is -2.35. The van der Waals surface area contributed by atoms with E-state index in [9.17, 15) is 0 Å². The zero-order valence-electron chi connectivity index (χ0n) is 11.5. The van der Waals surface area contributed by atoms with Crippen molar-refractivity contribution in [2.75, 3.05) is 26.3 Å². The third-order valence-corrected chi connectivity index (χ3v) is 4.35. The molecule has 1 aromatic carbocycles. The Bertz CT molecular complexity index is 406. The minimum Gasteiger partial charge on any atom is -0.489 e. The highest BCUT2D eigenvalue weighted by Crippen LogP contribution is 2.32. The lowest BCUT2D eigenvalue weighted by molar-refractivity contribution is 0.102. The molecule has 1 aliphatic heterocycles. The standard InChI is InChI=1S/C15H21Cl2NO2/c16-13-5-3-6-14(17)15(13)20-11-9-18-8-2-1-4-12(18)7-10-19/h3,5-6,12,19H,1-2,4,7-11H2. The van der Waals surface area contributed by atoms with Crippen LogP contribution in [0.25, 0.3) is 0 Å². The number of likely N-dealkylation sites (tertiary alicyclic amines) is 1. The van der Waals surface area contributed by atoms with Gasteiger partial charge in [-0.25, -0.2) is 0 Å². The summed E-state index contributed by atoms with van der Waals surface area (Å²) < 4.78 is 5.73. The van der Waals surface area contributed by atoms with Gasteiger partial charge in [0.2, 0.25) is 0 Å². The third kappa shape index (κ3) is 4.26. The summed E-state index contributed by atoms with van der Waals surface area (Å²) in [6.45, 7) is 2.72. The van der Waals surface area contributed by atoms with Crippen molar-refractivity contribution < 1.29 is 9.84 Å². The number of ether oxygens (including phenoxy) is 1. The summed E-state index contributed by atoms with van der Waals surface area (Å²) >= 11 is 12.1. The summed E-state index contributed by atoms with van der Waals surface area (Å²) in [7, 11) is 0. The van der Waals surface area contributed by atoms with Crippen molar-refractivity contribution in [2.45, 2.75) is 31.7 Å². The first-order valence-corrected chi connectivity index (χ1v) is 7.89. The summed E-state index contributed by atoms with van der Waals surface area (Å²) in [5.41, 5.74) is 0. The molecule has 1 heterocycles. The average Bonchev–Trinajstić information content (AvgIpc) is 2.44. The van der Waals surface area contributed by atoms with E-state index in [0.29, 0.717) is 28.4 Å². The molecule has 5 heteroatoms. The highest BCUT2D eigenvalue weighted by atomic mass is 35.5. The molecule has 0 spiro atoms. The number of aliphatic hydroxyl groups is 1. The fourth-order valence-corrected chi connectivity index (χ4v) is 3.22. The fourth-order valence-electron chi connectivity index (χ4n) is 2.72. The third-order valence-electron chi connectivity index (χ3n) is 3.76. The molecule has 0 aliphatic carbocycles. The van der Waals surface area contributed by atoms with Crippen LogP contribution >= 0.6 is 23.2 Å². The van der Waals surface area contributed by atoms with Crippen molar-refractivity contribution in [3.8, 4) is 5.75 Å². The first kappa shape index (κ1) is 15.9. The van der Waals surface area contributed by atoms with E-state index in [4.69, 9.17) is 33.0 Å². The summed E-state index contributed by atoms with van der Waals surface area (Å²) in [6, 6.07) is 5.83. The zero-order valence-corrected chi connectivity index (χ0v) is 13.0. The monoisotopic (exact) mass is 317 g/mol. The first-order valence-electron chi connectivity index (χ1n) is 7.14. The number of piperidine rings is 1. The van der Waals surface area contributed by atoms with Crippen LogP contribution < -0.4 is 4.74 Å². The van der Waals surface area contributed by atoms with Gasteiger partial charge < -0.3 is 9.84 Å². The number of hydrogen-bond acceptors (Lipinski definition) is 3. The molecule has 1 unspecified atom stereocenters. The maximum atomic E-state index is 9.12.